The molecular weight excluding hydrogens is 336 g/mol. The molecule has 0 aliphatic carbocycles. The molecule has 0 spiro atoms. The molecule has 23 heavy (non-hydrogen) atoms. The van der Waals surface area contributed by atoms with Crippen molar-refractivity contribution in [1.82, 2.24) is 19.5 Å². The van der Waals surface area contributed by atoms with Crippen LogP contribution in [0.1, 0.15) is 12.6 Å². The fourth-order valence-electron chi connectivity index (χ4n) is 2.23. The molecule has 0 unspecified atom stereocenters. The first kappa shape index (κ1) is 15.9. The van der Waals surface area contributed by atoms with E-state index in [1.807, 2.05) is 24.1 Å². The van der Waals surface area contributed by atoms with Gasteiger partial charge in [0.05, 0.1) is 18.5 Å². The largest absolute Gasteiger partial charge is 0.358 e. The zero-order chi connectivity index (χ0) is 16.4. The minimum absolute atomic E-state index is 0.0482. The fraction of sp³-hybridized carbons (Fsp3) is 0.462. The van der Waals surface area contributed by atoms with E-state index in [2.05, 4.69) is 20.1 Å². The molecule has 8 nitrogen and oxygen atoms in total. The lowest BCUT2D eigenvalue weighted by Gasteiger charge is -2.23. The van der Waals surface area contributed by atoms with Crippen LogP contribution in [-0.2, 0) is 7.05 Å². The predicted molar refractivity (Wildman–Crippen MR) is 92.1 cm³/mol. The van der Waals surface area contributed by atoms with E-state index in [0.29, 0.717) is 10.8 Å². The molecule has 3 rings (SSSR count). The third-order valence-corrected chi connectivity index (χ3v) is 5.28. The molecule has 1 aliphatic heterocycles. The number of imidazole rings is 1. The maximum Gasteiger partial charge on any atom is 0.342 e. The lowest BCUT2D eigenvalue weighted by molar-refractivity contribution is -0.391. The van der Waals surface area contributed by atoms with E-state index in [0.717, 1.165) is 36.0 Å². The average Bonchev–Trinajstić information content (AvgIpc) is 3.14. The lowest BCUT2D eigenvalue weighted by atomic mass is 10.3. The van der Waals surface area contributed by atoms with Gasteiger partial charge in [0.1, 0.15) is 6.20 Å². The van der Waals surface area contributed by atoms with Crippen molar-refractivity contribution in [3.63, 3.8) is 0 Å². The number of hydrogen-bond donors (Lipinski definition) is 0. The summed E-state index contributed by atoms with van der Waals surface area (Å²) >= 11 is 3.35. The number of hydrazone groups is 1. The second kappa shape index (κ2) is 6.67. The van der Waals surface area contributed by atoms with Gasteiger partial charge in [0, 0.05) is 30.0 Å². The quantitative estimate of drug-likeness (QED) is 0.476. The first-order valence-corrected chi connectivity index (χ1v) is 9.10. The number of thiazole rings is 1. The van der Waals surface area contributed by atoms with Crippen LogP contribution < -0.4 is 0 Å². The highest BCUT2D eigenvalue weighted by atomic mass is 32.2. The first-order valence-electron chi connectivity index (χ1n) is 7.06. The van der Waals surface area contributed by atoms with Gasteiger partial charge in [-0.15, -0.1) is 11.3 Å². The van der Waals surface area contributed by atoms with Crippen LogP contribution in [0.3, 0.4) is 0 Å². The van der Waals surface area contributed by atoms with Gasteiger partial charge in [-0.3, -0.25) is 5.01 Å². The number of nitrogens with zero attached hydrogens (tertiary/aromatic N) is 6. The third-order valence-electron chi connectivity index (χ3n) is 3.50. The average molecular weight is 352 g/mol. The molecular formula is C13H16N6O2S2. The van der Waals surface area contributed by atoms with Crippen LogP contribution in [0, 0.1) is 10.1 Å². The lowest BCUT2D eigenvalue weighted by Crippen LogP contribution is -2.28. The van der Waals surface area contributed by atoms with Crippen LogP contribution in [0.25, 0.3) is 10.8 Å². The molecule has 0 N–H and O–H groups in total. The highest BCUT2D eigenvalue weighted by molar-refractivity contribution is 7.99. The van der Waals surface area contributed by atoms with Gasteiger partial charge in [-0.05, 0) is 11.8 Å². The molecule has 0 radical (unpaired) electrons. The Hall–Kier alpha value is -1.94. The summed E-state index contributed by atoms with van der Waals surface area (Å²) in [7, 11) is 1.62. The molecule has 1 aliphatic rings. The van der Waals surface area contributed by atoms with Crippen molar-refractivity contribution in [2.24, 2.45) is 12.1 Å². The molecule has 2 aromatic heterocycles. The van der Waals surface area contributed by atoms with Crippen molar-refractivity contribution in [2.75, 3.05) is 24.6 Å². The number of hydrogen-bond acceptors (Lipinski definition) is 8. The number of thioether (sulfide) groups is 1. The molecule has 1 fully saturated rings. The van der Waals surface area contributed by atoms with Crippen LogP contribution in [0.15, 0.2) is 16.7 Å². The highest BCUT2D eigenvalue weighted by Crippen LogP contribution is 2.26. The molecule has 10 heteroatoms. The molecule has 1 saturated heterocycles. The van der Waals surface area contributed by atoms with E-state index in [9.17, 15) is 10.1 Å². The molecule has 0 saturated carbocycles. The number of nitro groups is 1. The van der Waals surface area contributed by atoms with Gasteiger partial charge in [-0.1, -0.05) is 0 Å². The standard InChI is InChI=1S/C13H16N6O2S2/c1-9(16-18-3-5-22-6-4-18)10-8-23-13(15-10)12-14-7-11(17(12)2)19(20)21/h7-8H,3-6H2,1-2H3/b16-9+. The molecule has 2 aromatic rings. The maximum atomic E-state index is 10.9. The summed E-state index contributed by atoms with van der Waals surface area (Å²) in [4.78, 5) is 19.1. The van der Waals surface area contributed by atoms with Crippen molar-refractivity contribution in [2.45, 2.75) is 6.92 Å². The van der Waals surface area contributed by atoms with Gasteiger partial charge < -0.3 is 10.1 Å². The van der Waals surface area contributed by atoms with Crippen molar-refractivity contribution in [3.8, 4) is 10.8 Å². The molecule has 122 valence electrons. The minimum atomic E-state index is -0.452. The molecule has 0 atom stereocenters. The monoisotopic (exact) mass is 352 g/mol. The van der Waals surface area contributed by atoms with E-state index in [1.165, 1.54) is 22.1 Å². The van der Waals surface area contributed by atoms with Gasteiger partial charge >= 0.3 is 5.82 Å². The van der Waals surface area contributed by atoms with Gasteiger partial charge in [-0.25, -0.2) is 14.5 Å². The SMILES string of the molecule is C/C(=N\N1CCSCC1)c1csc(-c2ncc([N+](=O)[O-])n2C)n1. The second-order valence-corrected chi connectivity index (χ2v) is 7.13. The predicted octanol–water partition coefficient (Wildman–Crippen LogP) is 2.22. The van der Waals surface area contributed by atoms with Crippen molar-refractivity contribution in [3.05, 3.63) is 27.4 Å². The molecule has 0 bridgehead atoms. The second-order valence-electron chi connectivity index (χ2n) is 5.05. The fourth-order valence-corrected chi connectivity index (χ4v) is 4.01. The summed E-state index contributed by atoms with van der Waals surface area (Å²) in [5.74, 6) is 2.63. The van der Waals surface area contributed by atoms with E-state index >= 15 is 0 Å². The number of rotatable bonds is 4. The summed E-state index contributed by atoms with van der Waals surface area (Å²) in [6.45, 7) is 3.83. The Morgan fingerprint density at radius 1 is 1.43 bits per heavy atom. The van der Waals surface area contributed by atoms with E-state index in [-0.39, 0.29) is 5.82 Å². The number of aromatic nitrogens is 3. The highest BCUT2D eigenvalue weighted by Gasteiger charge is 2.21. The summed E-state index contributed by atoms with van der Waals surface area (Å²) in [6.07, 6.45) is 1.25. The van der Waals surface area contributed by atoms with Crippen LogP contribution in [0.4, 0.5) is 5.82 Å². The van der Waals surface area contributed by atoms with Crippen molar-refractivity contribution < 1.29 is 4.92 Å². The summed E-state index contributed by atoms with van der Waals surface area (Å²) in [5, 5.41) is 20.1. The van der Waals surface area contributed by atoms with Crippen LogP contribution >= 0.6 is 23.1 Å². The Morgan fingerprint density at radius 2 is 2.17 bits per heavy atom. The Morgan fingerprint density at radius 3 is 2.83 bits per heavy atom. The first-order chi connectivity index (χ1) is 11.1. The van der Waals surface area contributed by atoms with Gasteiger partial charge in [0.15, 0.2) is 5.01 Å². The Bertz CT molecular complexity index is 747. The maximum absolute atomic E-state index is 10.9. The van der Waals surface area contributed by atoms with Crippen LogP contribution in [-0.4, -0.2) is 54.8 Å². The van der Waals surface area contributed by atoms with Gasteiger partial charge in [0.25, 0.3) is 5.82 Å². The van der Waals surface area contributed by atoms with Crippen LogP contribution in [0.2, 0.25) is 0 Å². The summed E-state index contributed by atoms with van der Waals surface area (Å²) < 4.78 is 1.44. The minimum Gasteiger partial charge on any atom is -0.358 e. The Balaban J connectivity index is 1.82. The smallest absolute Gasteiger partial charge is 0.342 e. The van der Waals surface area contributed by atoms with Crippen LogP contribution in [0.5, 0.6) is 0 Å². The summed E-state index contributed by atoms with van der Waals surface area (Å²) in [5.41, 5.74) is 1.64. The van der Waals surface area contributed by atoms with Crippen molar-refractivity contribution in [1.29, 1.82) is 0 Å². The normalized spacial score (nSPS) is 15.9. The van der Waals surface area contributed by atoms with E-state index < -0.39 is 4.92 Å². The molecule has 0 aromatic carbocycles. The molecule has 3 heterocycles. The van der Waals surface area contributed by atoms with E-state index in [4.69, 9.17) is 0 Å². The van der Waals surface area contributed by atoms with Gasteiger partial charge in [-0.2, -0.15) is 16.9 Å². The zero-order valence-corrected chi connectivity index (χ0v) is 14.4. The third kappa shape index (κ3) is 3.37. The Kier molecular flexibility index (Phi) is 4.62. The summed E-state index contributed by atoms with van der Waals surface area (Å²) in [6, 6.07) is 0. The Labute approximate surface area is 141 Å². The zero-order valence-electron chi connectivity index (χ0n) is 12.8. The van der Waals surface area contributed by atoms with Crippen molar-refractivity contribution >= 4 is 34.6 Å². The topological polar surface area (TPSA) is 89.5 Å². The van der Waals surface area contributed by atoms with Gasteiger partial charge in [0.2, 0.25) is 0 Å². The molecule has 0 amide bonds. The van der Waals surface area contributed by atoms with E-state index in [1.54, 1.807) is 7.05 Å².